The van der Waals surface area contributed by atoms with E-state index < -0.39 is 0 Å². The van der Waals surface area contributed by atoms with Crippen LogP contribution in [0.25, 0.3) is 10.9 Å². The highest BCUT2D eigenvalue weighted by molar-refractivity contribution is 5.83. The zero-order chi connectivity index (χ0) is 8.55. The molecule has 0 radical (unpaired) electrons. The van der Waals surface area contributed by atoms with Crippen LogP contribution in [0.15, 0.2) is 24.4 Å². The van der Waals surface area contributed by atoms with E-state index in [4.69, 9.17) is 5.73 Å². The molecule has 1 heterocycles. The SMILES string of the molecule is Cc1ccc2[nH]cc(CN)c2c1. The van der Waals surface area contributed by atoms with Gasteiger partial charge in [0.05, 0.1) is 0 Å². The standard InChI is InChI=1S/C10H12N2/c1-7-2-3-10-9(4-7)8(5-11)6-12-10/h2-4,6,12H,5,11H2,1H3. The molecule has 62 valence electrons. The first-order chi connectivity index (χ1) is 5.81. The van der Waals surface area contributed by atoms with Crippen molar-refractivity contribution in [2.75, 3.05) is 0 Å². The van der Waals surface area contributed by atoms with E-state index in [1.165, 1.54) is 22.0 Å². The van der Waals surface area contributed by atoms with Gasteiger partial charge in [0.1, 0.15) is 0 Å². The quantitative estimate of drug-likeness (QED) is 0.657. The highest BCUT2D eigenvalue weighted by Gasteiger charge is 2.00. The molecule has 0 aliphatic carbocycles. The number of nitrogens with two attached hydrogens (primary N) is 1. The van der Waals surface area contributed by atoms with Crippen LogP contribution in [0, 0.1) is 6.92 Å². The van der Waals surface area contributed by atoms with Gasteiger partial charge in [-0.3, -0.25) is 0 Å². The molecule has 2 aromatic rings. The molecule has 2 nitrogen and oxygen atoms in total. The number of H-pyrrole nitrogens is 1. The molecule has 1 aromatic carbocycles. The summed E-state index contributed by atoms with van der Waals surface area (Å²) in [5.74, 6) is 0. The van der Waals surface area contributed by atoms with Gasteiger partial charge >= 0.3 is 0 Å². The summed E-state index contributed by atoms with van der Waals surface area (Å²) in [6.45, 7) is 2.69. The van der Waals surface area contributed by atoms with Crippen LogP contribution >= 0.6 is 0 Å². The summed E-state index contributed by atoms with van der Waals surface area (Å²) >= 11 is 0. The van der Waals surface area contributed by atoms with Gasteiger partial charge < -0.3 is 10.7 Å². The molecule has 0 atom stereocenters. The Hall–Kier alpha value is -1.28. The van der Waals surface area contributed by atoms with E-state index in [0.717, 1.165) is 0 Å². The predicted molar refractivity (Wildman–Crippen MR) is 50.9 cm³/mol. The van der Waals surface area contributed by atoms with Gasteiger partial charge in [-0.2, -0.15) is 0 Å². The number of nitrogens with one attached hydrogen (secondary N) is 1. The normalized spacial score (nSPS) is 10.8. The van der Waals surface area contributed by atoms with Gasteiger partial charge in [0.25, 0.3) is 0 Å². The Morgan fingerprint density at radius 1 is 1.42 bits per heavy atom. The lowest BCUT2D eigenvalue weighted by molar-refractivity contribution is 1.08. The molecule has 0 saturated carbocycles. The van der Waals surface area contributed by atoms with Crippen molar-refractivity contribution in [3.8, 4) is 0 Å². The molecule has 12 heavy (non-hydrogen) atoms. The molecule has 0 bridgehead atoms. The third-order valence-corrected chi connectivity index (χ3v) is 2.14. The first-order valence-electron chi connectivity index (χ1n) is 4.08. The summed E-state index contributed by atoms with van der Waals surface area (Å²) in [7, 11) is 0. The molecule has 0 aliphatic heterocycles. The van der Waals surface area contributed by atoms with Crippen LogP contribution in [0.1, 0.15) is 11.1 Å². The highest BCUT2D eigenvalue weighted by Crippen LogP contribution is 2.18. The van der Waals surface area contributed by atoms with Crippen LogP contribution in [0.2, 0.25) is 0 Å². The third kappa shape index (κ3) is 1.01. The van der Waals surface area contributed by atoms with Crippen LogP contribution in [0.4, 0.5) is 0 Å². The minimum Gasteiger partial charge on any atom is -0.361 e. The van der Waals surface area contributed by atoms with Crippen molar-refractivity contribution in [1.82, 2.24) is 4.98 Å². The van der Waals surface area contributed by atoms with Crippen molar-refractivity contribution in [3.63, 3.8) is 0 Å². The lowest BCUT2D eigenvalue weighted by atomic mass is 10.1. The zero-order valence-electron chi connectivity index (χ0n) is 7.09. The number of hydrogen-bond donors (Lipinski definition) is 2. The van der Waals surface area contributed by atoms with Crippen molar-refractivity contribution in [3.05, 3.63) is 35.5 Å². The van der Waals surface area contributed by atoms with E-state index in [1.807, 2.05) is 6.20 Å². The highest BCUT2D eigenvalue weighted by atomic mass is 14.7. The molecule has 2 heteroatoms. The number of aromatic amines is 1. The molecule has 3 N–H and O–H groups in total. The number of aryl methyl sites for hydroxylation is 1. The summed E-state index contributed by atoms with van der Waals surface area (Å²) in [4.78, 5) is 3.19. The van der Waals surface area contributed by atoms with Gasteiger partial charge in [0, 0.05) is 23.6 Å². The molecular formula is C10H12N2. The monoisotopic (exact) mass is 160 g/mol. The van der Waals surface area contributed by atoms with E-state index >= 15 is 0 Å². The maximum absolute atomic E-state index is 5.59. The molecule has 0 saturated heterocycles. The first kappa shape index (κ1) is 7.37. The molecule has 0 fully saturated rings. The fourth-order valence-corrected chi connectivity index (χ4v) is 1.46. The Labute approximate surface area is 71.4 Å². The van der Waals surface area contributed by atoms with Crippen molar-refractivity contribution in [2.24, 2.45) is 5.73 Å². The third-order valence-electron chi connectivity index (χ3n) is 2.14. The van der Waals surface area contributed by atoms with Crippen molar-refractivity contribution >= 4 is 10.9 Å². The molecule has 0 unspecified atom stereocenters. The summed E-state index contributed by atoms with van der Waals surface area (Å²) in [6.07, 6.45) is 1.98. The Bertz CT molecular complexity index is 401. The van der Waals surface area contributed by atoms with E-state index in [1.54, 1.807) is 0 Å². The van der Waals surface area contributed by atoms with Gasteiger partial charge in [-0.25, -0.2) is 0 Å². The lowest BCUT2D eigenvalue weighted by Crippen LogP contribution is -1.93. The van der Waals surface area contributed by atoms with Crippen LogP contribution in [-0.4, -0.2) is 4.98 Å². The van der Waals surface area contributed by atoms with Gasteiger partial charge in [-0.05, 0) is 24.6 Å². The number of benzene rings is 1. The minimum absolute atomic E-state index is 0.601. The Balaban J connectivity index is 2.75. The van der Waals surface area contributed by atoms with E-state index in [9.17, 15) is 0 Å². The molecule has 2 rings (SSSR count). The predicted octanol–water partition coefficient (Wildman–Crippen LogP) is 1.94. The van der Waals surface area contributed by atoms with Gasteiger partial charge in [-0.15, -0.1) is 0 Å². The largest absolute Gasteiger partial charge is 0.361 e. The lowest BCUT2D eigenvalue weighted by Gasteiger charge is -1.95. The zero-order valence-corrected chi connectivity index (χ0v) is 7.09. The smallest absolute Gasteiger partial charge is 0.0457 e. The topological polar surface area (TPSA) is 41.8 Å². The van der Waals surface area contributed by atoms with Crippen LogP contribution in [0.3, 0.4) is 0 Å². The second kappa shape index (κ2) is 2.64. The Morgan fingerprint density at radius 3 is 3.00 bits per heavy atom. The summed E-state index contributed by atoms with van der Waals surface area (Å²) in [5.41, 5.74) is 9.22. The molecule has 0 spiro atoms. The van der Waals surface area contributed by atoms with E-state index in [-0.39, 0.29) is 0 Å². The Kier molecular flexibility index (Phi) is 1.62. The number of fused-ring (bicyclic) bond motifs is 1. The van der Waals surface area contributed by atoms with Gasteiger partial charge in [-0.1, -0.05) is 11.6 Å². The maximum atomic E-state index is 5.59. The minimum atomic E-state index is 0.601. The molecule has 0 aliphatic rings. The van der Waals surface area contributed by atoms with Gasteiger partial charge in [0.15, 0.2) is 0 Å². The van der Waals surface area contributed by atoms with Crippen molar-refractivity contribution < 1.29 is 0 Å². The van der Waals surface area contributed by atoms with Crippen molar-refractivity contribution in [2.45, 2.75) is 13.5 Å². The maximum Gasteiger partial charge on any atom is 0.0457 e. The second-order valence-corrected chi connectivity index (χ2v) is 3.07. The molecule has 0 amide bonds. The van der Waals surface area contributed by atoms with Crippen LogP contribution < -0.4 is 5.73 Å². The number of hydrogen-bond acceptors (Lipinski definition) is 1. The number of rotatable bonds is 1. The fourth-order valence-electron chi connectivity index (χ4n) is 1.46. The van der Waals surface area contributed by atoms with E-state index in [2.05, 4.69) is 30.1 Å². The molecular weight excluding hydrogens is 148 g/mol. The summed E-state index contributed by atoms with van der Waals surface area (Å²) in [5, 5.41) is 1.25. The number of aromatic nitrogens is 1. The van der Waals surface area contributed by atoms with E-state index in [0.29, 0.717) is 6.54 Å². The second-order valence-electron chi connectivity index (χ2n) is 3.07. The van der Waals surface area contributed by atoms with Crippen molar-refractivity contribution in [1.29, 1.82) is 0 Å². The first-order valence-corrected chi connectivity index (χ1v) is 4.08. The van der Waals surface area contributed by atoms with Gasteiger partial charge in [0.2, 0.25) is 0 Å². The Morgan fingerprint density at radius 2 is 2.25 bits per heavy atom. The summed E-state index contributed by atoms with van der Waals surface area (Å²) in [6, 6.07) is 6.34. The van der Waals surface area contributed by atoms with Crippen LogP contribution in [0.5, 0.6) is 0 Å². The van der Waals surface area contributed by atoms with Crippen LogP contribution in [-0.2, 0) is 6.54 Å². The summed E-state index contributed by atoms with van der Waals surface area (Å²) < 4.78 is 0. The average Bonchev–Trinajstić information content (AvgIpc) is 2.46. The average molecular weight is 160 g/mol. The fraction of sp³-hybridized carbons (Fsp3) is 0.200. The molecule has 1 aromatic heterocycles.